The molecule has 4 nitrogen and oxygen atoms in total. The van der Waals surface area contributed by atoms with E-state index < -0.39 is 0 Å². The van der Waals surface area contributed by atoms with Crippen LogP contribution in [0.4, 0.5) is 4.39 Å². The summed E-state index contributed by atoms with van der Waals surface area (Å²) in [5, 5.41) is 4.14. The van der Waals surface area contributed by atoms with Crippen molar-refractivity contribution in [2.24, 2.45) is 5.10 Å². The predicted octanol–water partition coefficient (Wildman–Crippen LogP) is 4.91. The second kappa shape index (κ2) is 6.96. The minimum Gasteiger partial charge on any atom is -0.488 e. The Morgan fingerprint density at radius 3 is 2.74 bits per heavy atom. The number of amides is 1. The summed E-state index contributed by atoms with van der Waals surface area (Å²) in [5.41, 5.74) is 7.10. The maximum Gasteiger partial charge on any atom is 0.281 e. The van der Waals surface area contributed by atoms with Gasteiger partial charge >= 0.3 is 0 Å². The van der Waals surface area contributed by atoms with Gasteiger partial charge in [-0.3, -0.25) is 4.79 Å². The first-order valence-electron chi connectivity index (χ1n) is 8.48. The van der Waals surface area contributed by atoms with E-state index in [1.54, 1.807) is 19.1 Å². The van der Waals surface area contributed by atoms with Crippen LogP contribution in [0.15, 0.2) is 53.6 Å². The van der Waals surface area contributed by atoms with Gasteiger partial charge in [0.05, 0.1) is 10.6 Å². The van der Waals surface area contributed by atoms with Crippen LogP contribution in [0.25, 0.3) is 10.4 Å². The maximum atomic E-state index is 13.0. The van der Waals surface area contributed by atoms with E-state index in [0.29, 0.717) is 17.2 Å². The van der Waals surface area contributed by atoms with Crippen LogP contribution in [0.5, 0.6) is 5.75 Å². The molecule has 0 spiro atoms. The third-order valence-corrected chi connectivity index (χ3v) is 5.59. The van der Waals surface area contributed by atoms with E-state index in [1.807, 2.05) is 25.1 Å². The largest absolute Gasteiger partial charge is 0.488 e. The number of fused-ring (bicyclic) bond motifs is 3. The Morgan fingerprint density at radius 1 is 1.19 bits per heavy atom. The Balaban J connectivity index is 1.56. The van der Waals surface area contributed by atoms with Crippen LogP contribution < -0.4 is 10.2 Å². The highest BCUT2D eigenvalue weighted by Gasteiger charge is 2.22. The molecule has 0 radical (unpaired) electrons. The van der Waals surface area contributed by atoms with Crippen molar-refractivity contribution >= 4 is 23.0 Å². The van der Waals surface area contributed by atoms with E-state index >= 15 is 0 Å². The molecule has 0 unspecified atom stereocenters. The summed E-state index contributed by atoms with van der Waals surface area (Å²) < 4.78 is 18.8. The molecule has 1 amide bonds. The summed E-state index contributed by atoms with van der Waals surface area (Å²) in [4.78, 5) is 14.2. The topological polar surface area (TPSA) is 50.7 Å². The van der Waals surface area contributed by atoms with Crippen LogP contribution in [-0.4, -0.2) is 11.6 Å². The molecule has 1 aromatic heterocycles. The van der Waals surface area contributed by atoms with Gasteiger partial charge in [0, 0.05) is 16.0 Å². The van der Waals surface area contributed by atoms with E-state index in [9.17, 15) is 9.18 Å². The summed E-state index contributed by atoms with van der Waals surface area (Å²) in [6, 6.07) is 13.9. The van der Waals surface area contributed by atoms with Crippen LogP contribution in [0.2, 0.25) is 0 Å². The SMILES string of the molecule is C/C(=N\NC(=O)c1cc2c(s1)-c1cc(C)ccc1OC2)c1ccc(F)cc1. The number of thiophene rings is 1. The van der Waals surface area contributed by atoms with Crippen LogP contribution >= 0.6 is 11.3 Å². The lowest BCUT2D eigenvalue weighted by molar-refractivity contribution is 0.0959. The fraction of sp³-hybridized carbons (Fsp3) is 0.143. The minimum absolute atomic E-state index is 0.273. The molecule has 3 aromatic rings. The number of benzene rings is 2. The van der Waals surface area contributed by atoms with Gasteiger partial charge < -0.3 is 4.74 Å². The van der Waals surface area contributed by atoms with Crippen LogP contribution in [0.3, 0.4) is 0 Å². The molecule has 0 bridgehead atoms. The van der Waals surface area contributed by atoms with Crippen LogP contribution in [0.1, 0.15) is 33.3 Å². The zero-order valence-corrected chi connectivity index (χ0v) is 15.7. The number of hydrogen-bond acceptors (Lipinski definition) is 4. The first kappa shape index (κ1) is 17.4. The molecule has 2 heterocycles. The third-order valence-electron chi connectivity index (χ3n) is 4.38. The van der Waals surface area contributed by atoms with Gasteiger partial charge in [-0.1, -0.05) is 23.8 Å². The number of nitrogens with one attached hydrogen (secondary N) is 1. The van der Waals surface area contributed by atoms with Gasteiger partial charge in [0.15, 0.2) is 0 Å². The Kier molecular flexibility index (Phi) is 4.49. The summed E-state index contributed by atoms with van der Waals surface area (Å²) in [6.07, 6.45) is 0. The summed E-state index contributed by atoms with van der Waals surface area (Å²) >= 11 is 1.43. The lowest BCUT2D eigenvalue weighted by atomic mass is 10.0. The number of rotatable bonds is 3. The molecule has 0 atom stereocenters. The number of hydrogen-bond donors (Lipinski definition) is 1. The summed E-state index contributed by atoms with van der Waals surface area (Å²) in [7, 11) is 0. The van der Waals surface area contributed by atoms with Gasteiger partial charge in [-0.25, -0.2) is 9.82 Å². The Morgan fingerprint density at radius 2 is 1.96 bits per heavy atom. The van der Waals surface area contributed by atoms with Crippen molar-refractivity contribution in [3.63, 3.8) is 0 Å². The molecule has 1 aliphatic heterocycles. The van der Waals surface area contributed by atoms with E-state index in [2.05, 4.69) is 16.6 Å². The van der Waals surface area contributed by atoms with Gasteiger partial charge in [-0.15, -0.1) is 11.3 Å². The third kappa shape index (κ3) is 3.48. The number of aryl methyl sites for hydroxylation is 1. The maximum absolute atomic E-state index is 13.0. The molecule has 136 valence electrons. The fourth-order valence-electron chi connectivity index (χ4n) is 2.92. The van der Waals surface area contributed by atoms with Crippen LogP contribution in [0, 0.1) is 12.7 Å². The number of carbonyl (C=O) groups is 1. The van der Waals surface area contributed by atoms with Crippen molar-refractivity contribution in [1.82, 2.24) is 5.43 Å². The predicted molar refractivity (Wildman–Crippen MR) is 105 cm³/mol. The van der Waals surface area contributed by atoms with Crippen molar-refractivity contribution in [2.75, 3.05) is 0 Å². The molecule has 2 aromatic carbocycles. The quantitative estimate of drug-likeness (QED) is 0.518. The highest BCUT2D eigenvalue weighted by molar-refractivity contribution is 7.17. The monoisotopic (exact) mass is 380 g/mol. The normalized spacial score (nSPS) is 12.8. The fourth-order valence-corrected chi connectivity index (χ4v) is 4.00. The van der Waals surface area contributed by atoms with Gasteiger partial charge in [-0.2, -0.15) is 5.10 Å². The summed E-state index contributed by atoms with van der Waals surface area (Å²) in [5.74, 6) is 0.259. The van der Waals surface area contributed by atoms with Crippen LogP contribution in [-0.2, 0) is 6.61 Å². The van der Waals surface area contributed by atoms with E-state index in [4.69, 9.17) is 4.74 Å². The van der Waals surface area contributed by atoms with Gasteiger partial charge in [0.1, 0.15) is 18.2 Å². The molecule has 0 saturated carbocycles. The van der Waals surface area contributed by atoms with E-state index in [1.165, 1.54) is 23.5 Å². The second-order valence-electron chi connectivity index (χ2n) is 6.40. The molecule has 0 aliphatic carbocycles. The first-order valence-corrected chi connectivity index (χ1v) is 9.30. The zero-order valence-electron chi connectivity index (χ0n) is 14.9. The lowest BCUT2D eigenvalue weighted by Crippen LogP contribution is -2.18. The van der Waals surface area contributed by atoms with Crippen molar-refractivity contribution in [2.45, 2.75) is 20.5 Å². The van der Waals surface area contributed by atoms with Crippen molar-refractivity contribution in [3.8, 4) is 16.2 Å². The van der Waals surface area contributed by atoms with Gasteiger partial charge in [-0.05, 0) is 49.7 Å². The highest BCUT2D eigenvalue weighted by Crippen LogP contribution is 2.42. The molecule has 6 heteroatoms. The van der Waals surface area contributed by atoms with Crippen molar-refractivity contribution in [3.05, 3.63) is 75.9 Å². The molecular weight excluding hydrogens is 363 g/mol. The molecule has 0 fully saturated rings. The molecule has 0 saturated heterocycles. The molecule has 1 aliphatic rings. The van der Waals surface area contributed by atoms with E-state index in [-0.39, 0.29) is 11.7 Å². The average molecular weight is 380 g/mol. The van der Waals surface area contributed by atoms with Crippen molar-refractivity contribution in [1.29, 1.82) is 0 Å². The number of nitrogens with zero attached hydrogens (tertiary/aromatic N) is 1. The van der Waals surface area contributed by atoms with E-state index in [0.717, 1.165) is 32.9 Å². The smallest absolute Gasteiger partial charge is 0.281 e. The lowest BCUT2D eigenvalue weighted by Gasteiger charge is -2.17. The molecule has 4 rings (SSSR count). The number of ether oxygens (including phenoxy) is 1. The van der Waals surface area contributed by atoms with Gasteiger partial charge in [0.2, 0.25) is 0 Å². The van der Waals surface area contributed by atoms with Gasteiger partial charge in [0.25, 0.3) is 5.91 Å². The molecule has 27 heavy (non-hydrogen) atoms. The minimum atomic E-state index is -0.308. The standard InChI is InChI=1S/C21H17FN2O2S/c1-12-3-8-18-17(9-12)20-15(11-26-18)10-19(27-20)21(25)24-23-13(2)14-4-6-16(22)7-5-14/h3-10H,11H2,1-2H3,(H,24,25)/b23-13+. The molecular formula is C21H17FN2O2S. The number of carbonyl (C=O) groups excluding carboxylic acids is 1. The zero-order chi connectivity index (χ0) is 19.0. The highest BCUT2D eigenvalue weighted by atomic mass is 32.1. The van der Waals surface area contributed by atoms with Crippen molar-refractivity contribution < 1.29 is 13.9 Å². The molecule has 1 N–H and O–H groups in total. The summed E-state index contributed by atoms with van der Waals surface area (Å²) in [6.45, 7) is 4.25. The first-order chi connectivity index (χ1) is 13.0. The number of hydrazone groups is 1. The average Bonchev–Trinajstić information content (AvgIpc) is 3.11. The second-order valence-corrected chi connectivity index (χ2v) is 7.45. The Bertz CT molecular complexity index is 1050. The Labute approximate surface area is 160 Å². The number of halogens is 1. The Hall–Kier alpha value is -2.99.